The maximum absolute atomic E-state index is 12.5. The first-order valence-corrected chi connectivity index (χ1v) is 10.9. The zero-order valence-electron chi connectivity index (χ0n) is 15.6. The normalized spacial score (nSPS) is 10.6. The van der Waals surface area contributed by atoms with Crippen LogP contribution in [0.25, 0.3) is 10.4 Å². The molecule has 3 aromatic rings. The maximum atomic E-state index is 12.5. The molecule has 3 rings (SSSR count). The molecule has 3 N–H and O–H groups in total. The first-order chi connectivity index (χ1) is 13.7. The highest BCUT2D eigenvalue weighted by molar-refractivity contribution is 7.17. The topological polar surface area (TPSA) is 72.0 Å². The van der Waals surface area contributed by atoms with Gasteiger partial charge in [-0.15, -0.1) is 22.7 Å². The standard InChI is InChI=1S/C21H22N2O3S2/c1-2-26-21(25)19-16(17-9-6-12-27-17)14-28-20(19)23-18(24)13-22-11-10-15-7-4-3-5-8-15/h3-9,12,14,22H,2,10-11,13H2,1H3,(H,23,24)/p+1. The molecule has 0 saturated heterocycles. The van der Waals surface area contributed by atoms with Crippen molar-refractivity contribution in [2.24, 2.45) is 0 Å². The van der Waals surface area contributed by atoms with E-state index in [0.29, 0.717) is 23.7 Å². The van der Waals surface area contributed by atoms with E-state index < -0.39 is 5.97 Å². The van der Waals surface area contributed by atoms with Gasteiger partial charge in [0.25, 0.3) is 5.91 Å². The number of rotatable bonds is 9. The Hall–Kier alpha value is -2.48. The summed E-state index contributed by atoms with van der Waals surface area (Å²) in [5.74, 6) is -0.534. The zero-order chi connectivity index (χ0) is 19.8. The van der Waals surface area contributed by atoms with E-state index in [9.17, 15) is 9.59 Å². The smallest absolute Gasteiger partial charge is 0.341 e. The molecule has 7 heteroatoms. The molecule has 1 amide bonds. The van der Waals surface area contributed by atoms with E-state index in [1.807, 2.05) is 46.4 Å². The largest absolute Gasteiger partial charge is 0.462 e. The van der Waals surface area contributed by atoms with Crippen molar-refractivity contribution in [1.29, 1.82) is 0 Å². The van der Waals surface area contributed by atoms with E-state index in [1.54, 1.807) is 18.3 Å². The quantitative estimate of drug-likeness (QED) is 0.416. The van der Waals surface area contributed by atoms with Crippen molar-refractivity contribution >= 4 is 39.6 Å². The lowest BCUT2D eigenvalue weighted by atomic mass is 10.1. The van der Waals surface area contributed by atoms with E-state index >= 15 is 0 Å². The van der Waals surface area contributed by atoms with Gasteiger partial charge in [-0.2, -0.15) is 0 Å². The van der Waals surface area contributed by atoms with Gasteiger partial charge in [0.05, 0.1) is 13.2 Å². The lowest BCUT2D eigenvalue weighted by Crippen LogP contribution is -2.86. The Morgan fingerprint density at radius 2 is 1.93 bits per heavy atom. The Kier molecular flexibility index (Phi) is 7.36. The van der Waals surface area contributed by atoms with Crippen molar-refractivity contribution in [2.75, 3.05) is 25.0 Å². The van der Waals surface area contributed by atoms with E-state index in [-0.39, 0.29) is 5.91 Å². The van der Waals surface area contributed by atoms with Crippen LogP contribution in [-0.4, -0.2) is 31.6 Å². The lowest BCUT2D eigenvalue weighted by Gasteiger charge is -2.08. The summed E-state index contributed by atoms with van der Waals surface area (Å²) in [6.45, 7) is 3.20. The van der Waals surface area contributed by atoms with Gasteiger partial charge in [0, 0.05) is 22.2 Å². The molecule has 28 heavy (non-hydrogen) atoms. The van der Waals surface area contributed by atoms with Crippen LogP contribution >= 0.6 is 22.7 Å². The molecule has 0 unspecified atom stereocenters. The van der Waals surface area contributed by atoms with Gasteiger partial charge in [0.1, 0.15) is 10.6 Å². The van der Waals surface area contributed by atoms with Gasteiger partial charge in [-0.3, -0.25) is 4.79 Å². The molecule has 146 valence electrons. The Bertz CT molecular complexity index is 905. The minimum absolute atomic E-state index is 0.127. The summed E-state index contributed by atoms with van der Waals surface area (Å²) in [7, 11) is 0. The van der Waals surface area contributed by atoms with E-state index in [1.165, 1.54) is 16.9 Å². The molecule has 2 aromatic heterocycles. The van der Waals surface area contributed by atoms with Crippen LogP contribution in [0.15, 0.2) is 53.2 Å². The van der Waals surface area contributed by atoms with Crippen LogP contribution in [0, 0.1) is 0 Å². The molecule has 1 aromatic carbocycles. The second-order valence-electron chi connectivity index (χ2n) is 6.12. The van der Waals surface area contributed by atoms with Crippen molar-refractivity contribution in [2.45, 2.75) is 13.3 Å². The molecule has 0 fully saturated rings. The number of thiophene rings is 2. The van der Waals surface area contributed by atoms with Crippen molar-refractivity contribution in [3.63, 3.8) is 0 Å². The summed E-state index contributed by atoms with van der Waals surface area (Å²) in [6, 6.07) is 14.1. The van der Waals surface area contributed by atoms with Crippen LogP contribution in [0.1, 0.15) is 22.8 Å². The molecular formula is C21H23N2O3S2+. The minimum Gasteiger partial charge on any atom is -0.462 e. The molecule has 0 spiro atoms. The third-order valence-corrected chi connectivity index (χ3v) is 5.92. The molecule has 0 radical (unpaired) electrons. The van der Waals surface area contributed by atoms with Crippen LogP contribution in [0.4, 0.5) is 5.00 Å². The van der Waals surface area contributed by atoms with Crippen molar-refractivity contribution in [3.05, 3.63) is 64.4 Å². The van der Waals surface area contributed by atoms with Gasteiger partial charge >= 0.3 is 5.97 Å². The molecule has 0 atom stereocenters. The predicted molar refractivity (Wildman–Crippen MR) is 114 cm³/mol. The highest BCUT2D eigenvalue weighted by Crippen LogP contribution is 2.38. The van der Waals surface area contributed by atoms with Gasteiger partial charge in [0.15, 0.2) is 6.54 Å². The number of quaternary nitrogens is 1. The van der Waals surface area contributed by atoms with Crippen LogP contribution in [0.5, 0.6) is 0 Å². The Morgan fingerprint density at radius 1 is 1.11 bits per heavy atom. The Morgan fingerprint density at radius 3 is 2.64 bits per heavy atom. The number of carbonyl (C=O) groups excluding carboxylic acids is 2. The maximum Gasteiger partial charge on any atom is 0.341 e. The second kappa shape index (κ2) is 10.2. The highest BCUT2D eigenvalue weighted by atomic mass is 32.1. The average Bonchev–Trinajstić information content (AvgIpc) is 3.36. The van der Waals surface area contributed by atoms with E-state index in [0.717, 1.165) is 23.4 Å². The molecule has 0 aliphatic carbocycles. The molecule has 0 bridgehead atoms. The van der Waals surface area contributed by atoms with Gasteiger partial charge in [-0.1, -0.05) is 36.4 Å². The number of carbonyl (C=O) groups is 2. The molecule has 0 aliphatic heterocycles. The van der Waals surface area contributed by atoms with Crippen LogP contribution in [0.3, 0.4) is 0 Å². The summed E-state index contributed by atoms with van der Waals surface area (Å²) in [6.07, 6.45) is 0.906. The fourth-order valence-electron chi connectivity index (χ4n) is 2.79. The van der Waals surface area contributed by atoms with Crippen molar-refractivity contribution in [1.82, 2.24) is 0 Å². The number of hydrogen-bond donors (Lipinski definition) is 2. The summed E-state index contributed by atoms with van der Waals surface area (Å²) in [5.41, 5.74) is 2.50. The zero-order valence-corrected chi connectivity index (χ0v) is 17.3. The van der Waals surface area contributed by atoms with Crippen molar-refractivity contribution < 1.29 is 19.6 Å². The average molecular weight is 416 g/mol. The summed E-state index contributed by atoms with van der Waals surface area (Å²) in [5, 5.41) is 9.26. The fourth-order valence-corrected chi connectivity index (χ4v) is 4.58. The predicted octanol–water partition coefficient (Wildman–Crippen LogP) is 3.40. The van der Waals surface area contributed by atoms with Gasteiger partial charge in [-0.05, 0) is 23.9 Å². The van der Waals surface area contributed by atoms with E-state index in [2.05, 4.69) is 17.4 Å². The summed E-state index contributed by atoms with van der Waals surface area (Å²) in [4.78, 5) is 25.8. The SMILES string of the molecule is CCOC(=O)c1c(-c2cccs2)csc1NC(=O)C[NH2+]CCc1ccccc1. The second-order valence-corrected chi connectivity index (χ2v) is 7.94. The van der Waals surface area contributed by atoms with Gasteiger partial charge in [0.2, 0.25) is 0 Å². The number of ether oxygens (including phenoxy) is 1. The van der Waals surface area contributed by atoms with E-state index in [4.69, 9.17) is 4.74 Å². The Labute approximate surface area is 172 Å². The molecule has 5 nitrogen and oxygen atoms in total. The molecule has 0 saturated carbocycles. The monoisotopic (exact) mass is 415 g/mol. The van der Waals surface area contributed by atoms with Crippen LogP contribution in [-0.2, 0) is 16.0 Å². The number of anilines is 1. The molecule has 2 heterocycles. The highest BCUT2D eigenvalue weighted by Gasteiger charge is 2.23. The molecular weight excluding hydrogens is 392 g/mol. The van der Waals surface area contributed by atoms with Crippen molar-refractivity contribution in [3.8, 4) is 10.4 Å². The summed E-state index contributed by atoms with van der Waals surface area (Å²) >= 11 is 2.91. The number of hydrogen-bond acceptors (Lipinski definition) is 5. The molecule has 0 aliphatic rings. The first kappa shape index (κ1) is 20.3. The minimum atomic E-state index is -0.407. The lowest BCUT2D eigenvalue weighted by molar-refractivity contribution is -0.643. The number of amides is 1. The third kappa shape index (κ3) is 5.28. The van der Waals surface area contributed by atoms with Crippen LogP contribution in [0.2, 0.25) is 0 Å². The van der Waals surface area contributed by atoms with Gasteiger partial charge < -0.3 is 15.4 Å². The number of nitrogens with one attached hydrogen (secondary N) is 1. The number of esters is 1. The first-order valence-electron chi connectivity index (χ1n) is 9.17. The Balaban J connectivity index is 1.61. The van der Waals surface area contributed by atoms with Crippen LogP contribution < -0.4 is 10.6 Å². The van der Waals surface area contributed by atoms with Gasteiger partial charge in [-0.25, -0.2) is 4.79 Å². The summed E-state index contributed by atoms with van der Waals surface area (Å²) < 4.78 is 5.21. The third-order valence-electron chi connectivity index (χ3n) is 4.12. The number of nitrogens with two attached hydrogens (primary N) is 1. The number of benzene rings is 1. The fraction of sp³-hybridized carbons (Fsp3) is 0.238.